The second-order valence-electron chi connectivity index (χ2n) is 6.55. The summed E-state index contributed by atoms with van der Waals surface area (Å²) in [5, 5.41) is 39.8. The van der Waals surface area contributed by atoms with Gasteiger partial charge >= 0.3 is 5.97 Å². The third kappa shape index (κ3) is 5.05. The normalized spacial score (nSPS) is 35.5. The topological polar surface area (TPSA) is 107 Å². The summed E-state index contributed by atoms with van der Waals surface area (Å²) in [7, 11) is 0. The zero-order valence-corrected chi connectivity index (χ0v) is 13.5. The van der Waals surface area contributed by atoms with Crippen LogP contribution in [0.3, 0.4) is 0 Å². The van der Waals surface area contributed by atoms with Crippen LogP contribution in [0.4, 0.5) is 0 Å². The Hall–Kier alpha value is -0.950. The summed E-state index contributed by atoms with van der Waals surface area (Å²) in [6.45, 7) is 4.93. The maximum atomic E-state index is 12.3. The number of carbonyl (C=O) groups is 1. The van der Waals surface area contributed by atoms with E-state index in [0.717, 1.165) is 6.42 Å². The molecular weight excluding hydrogens is 288 g/mol. The molecule has 128 valence electrons. The van der Waals surface area contributed by atoms with Crippen LogP contribution >= 0.6 is 0 Å². The van der Waals surface area contributed by atoms with E-state index in [0.29, 0.717) is 6.42 Å². The Labute approximate surface area is 131 Å². The van der Waals surface area contributed by atoms with Crippen LogP contribution in [-0.4, -0.2) is 56.9 Å². The lowest BCUT2D eigenvalue weighted by Gasteiger charge is -2.34. The van der Waals surface area contributed by atoms with E-state index in [1.807, 2.05) is 6.92 Å². The Morgan fingerprint density at radius 1 is 1.32 bits per heavy atom. The maximum Gasteiger partial charge on any atom is 0.314 e. The lowest BCUT2D eigenvalue weighted by Crippen LogP contribution is -2.47. The van der Waals surface area contributed by atoms with Gasteiger partial charge in [-0.1, -0.05) is 25.5 Å². The number of rotatable bonds is 4. The van der Waals surface area contributed by atoms with Crippen molar-refractivity contribution >= 4 is 5.97 Å². The first kappa shape index (κ1) is 19.1. The summed E-state index contributed by atoms with van der Waals surface area (Å²) in [5.41, 5.74) is -1.29. The molecule has 0 aromatic heterocycles. The summed E-state index contributed by atoms with van der Waals surface area (Å²) in [6.07, 6.45) is -0.350. The van der Waals surface area contributed by atoms with Crippen LogP contribution in [0.5, 0.6) is 0 Å². The highest BCUT2D eigenvalue weighted by molar-refractivity contribution is 5.77. The molecule has 0 saturated carbocycles. The average Bonchev–Trinajstić information content (AvgIpc) is 2.42. The molecule has 0 bridgehead atoms. The molecule has 1 rings (SSSR count). The van der Waals surface area contributed by atoms with E-state index in [2.05, 4.69) is 0 Å². The van der Waals surface area contributed by atoms with E-state index in [4.69, 9.17) is 4.74 Å². The number of ether oxygens (including phenoxy) is 1. The molecule has 22 heavy (non-hydrogen) atoms. The van der Waals surface area contributed by atoms with Crippen molar-refractivity contribution in [2.45, 2.75) is 77.0 Å². The molecule has 0 unspecified atom stereocenters. The molecule has 0 fully saturated rings. The number of esters is 1. The van der Waals surface area contributed by atoms with Crippen molar-refractivity contribution in [2.75, 3.05) is 0 Å². The molecule has 0 aliphatic carbocycles. The molecule has 0 saturated heterocycles. The lowest BCUT2D eigenvalue weighted by atomic mass is 9.82. The molecule has 0 spiro atoms. The fourth-order valence-electron chi connectivity index (χ4n) is 2.49. The zero-order chi connectivity index (χ0) is 16.9. The molecule has 1 heterocycles. The number of cyclic esters (lactones) is 1. The van der Waals surface area contributed by atoms with Crippen LogP contribution in [0, 0.1) is 5.41 Å². The van der Waals surface area contributed by atoms with Crippen molar-refractivity contribution in [1.29, 1.82) is 0 Å². The Morgan fingerprint density at radius 2 is 1.95 bits per heavy atom. The van der Waals surface area contributed by atoms with Crippen LogP contribution in [0.15, 0.2) is 12.2 Å². The van der Waals surface area contributed by atoms with Gasteiger partial charge in [-0.05, 0) is 20.3 Å². The van der Waals surface area contributed by atoms with Gasteiger partial charge in [0.15, 0.2) is 0 Å². The molecule has 0 aromatic carbocycles. The monoisotopic (exact) mass is 316 g/mol. The highest BCUT2D eigenvalue weighted by Gasteiger charge is 2.42. The molecule has 6 heteroatoms. The standard InChI is InChI=1S/C16H28O6/c1-4-5-10(17)8-12-9-11(18)6-7-13(19)14(20)16(2,3)15(21)22-12/h6-7,10-14,17-20H,4-5,8-9H2,1-3H3/b7-6-/t10-,11-,12+,13+,14+/m1/s1. The second-order valence-corrected chi connectivity index (χ2v) is 6.55. The van der Waals surface area contributed by atoms with Crippen molar-refractivity contribution < 1.29 is 30.0 Å². The Kier molecular flexibility index (Phi) is 6.99. The van der Waals surface area contributed by atoms with Gasteiger partial charge in [0.2, 0.25) is 0 Å². The third-order valence-electron chi connectivity index (χ3n) is 4.05. The number of carbonyl (C=O) groups excluding carboxylic acids is 1. The molecule has 1 aliphatic heterocycles. The largest absolute Gasteiger partial charge is 0.462 e. The first-order chi connectivity index (χ1) is 10.2. The minimum absolute atomic E-state index is 0.141. The molecule has 0 amide bonds. The zero-order valence-electron chi connectivity index (χ0n) is 13.5. The van der Waals surface area contributed by atoms with Gasteiger partial charge in [0.25, 0.3) is 0 Å². The Bertz CT molecular complexity index is 392. The summed E-state index contributed by atoms with van der Waals surface area (Å²) >= 11 is 0. The highest BCUT2D eigenvalue weighted by atomic mass is 16.5. The maximum absolute atomic E-state index is 12.3. The Morgan fingerprint density at radius 3 is 2.55 bits per heavy atom. The van der Waals surface area contributed by atoms with E-state index in [1.54, 1.807) is 0 Å². The lowest BCUT2D eigenvalue weighted by molar-refractivity contribution is -0.172. The van der Waals surface area contributed by atoms with Gasteiger partial charge in [-0.25, -0.2) is 0 Å². The van der Waals surface area contributed by atoms with Gasteiger partial charge in [-0.15, -0.1) is 0 Å². The van der Waals surface area contributed by atoms with Crippen molar-refractivity contribution in [3.8, 4) is 0 Å². The van der Waals surface area contributed by atoms with Gasteiger partial charge in [0, 0.05) is 12.8 Å². The molecule has 1 aliphatic rings. The molecule has 0 radical (unpaired) electrons. The summed E-state index contributed by atoms with van der Waals surface area (Å²) < 4.78 is 5.38. The second kappa shape index (κ2) is 8.06. The predicted molar refractivity (Wildman–Crippen MR) is 81.0 cm³/mol. The van der Waals surface area contributed by atoms with Gasteiger partial charge in [-0.3, -0.25) is 4.79 Å². The van der Waals surface area contributed by atoms with Crippen LogP contribution in [0.25, 0.3) is 0 Å². The summed E-state index contributed by atoms with van der Waals surface area (Å²) in [4.78, 5) is 12.3. The first-order valence-electron chi connectivity index (χ1n) is 7.80. The van der Waals surface area contributed by atoms with Gasteiger partial charge < -0.3 is 25.2 Å². The Balaban J connectivity index is 2.94. The quantitative estimate of drug-likeness (QED) is 0.445. The van der Waals surface area contributed by atoms with Crippen LogP contribution in [0.1, 0.15) is 46.5 Å². The van der Waals surface area contributed by atoms with Gasteiger partial charge in [0.05, 0.1) is 29.8 Å². The molecule has 4 N–H and O–H groups in total. The van der Waals surface area contributed by atoms with E-state index >= 15 is 0 Å². The third-order valence-corrected chi connectivity index (χ3v) is 4.05. The average molecular weight is 316 g/mol. The minimum atomic E-state index is -1.34. The van der Waals surface area contributed by atoms with Crippen LogP contribution in [0.2, 0.25) is 0 Å². The van der Waals surface area contributed by atoms with E-state index in [1.165, 1.54) is 26.0 Å². The van der Waals surface area contributed by atoms with Gasteiger partial charge in [0.1, 0.15) is 6.10 Å². The molecular formula is C16H28O6. The van der Waals surface area contributed by atoms with Crippen molar-refractivity contribution in [3.63, 3.8) is 0 Å². The van der Waals surface area contributed by atoms with Crippen LogP contribution < -0.4 is 0 Å². The smallest absolute Gasteiger partial charge is 0.314 e. The number of hydrogen-bond donors (Lipinski definition) is 4. The van der Waals surface area contributed by atoms with E-state index in [-0.39, 0.29) is 12.8 Å². The first-order valence-corrected chi connectivity index (χ1v) is 7.80. The fraction of sp³-hybridized carbons (Fsp3) is 0.812. The summed E-state index contributed by atoms with van der Waals surface area (Å²) in [5.74, 6) is -0.657. The van der Waals surface area contributed by atoms with Gasteiger partial charge in [-0.2, -0.15) is 0 Å². The van der Waals surface area contributed by atoms with Crippen molar-refractivity contribution in [3.05, 3.63) is 12.2 Å². The predicted octanol–water partition coefficient (Wildman–Crippen LogP) is 0.518. The van der Waals surface area contributed by atoms with Crippen LogP contribution in [-0.2, 0) is 9.53 Å². The van der Waals surface area contributed by atoms with Crippen molar-refractivity contribution in [1.82, 2.24) is 0 Å². The fourth-order valence-corrected chi connectivity index (χ4v) is 2.49. The highest BCUT2D eigenvalue weighted by Crippen LogP contribution is 2.29. The van der Waals surface area contributed by atoms with Crippen molar-refractivity contribution in [2.24, 2.45) is 5.41 Å². The summed E-state index contributed by atoms with van der Waals surface area (Å²) in [6, 6.07) is 0. The molecule has 6 nitrogen and oxygen atoms in total. The SMILES string of the molecule is CCC[C@@H](O)C[C@H]1C[C@H](O)/C=C\[C@H](O)[C@H](O)C(C)(C)C(=O)O1. The molecule has 5 atom stereocenters. The van der Waals surface area contributed by atoms with E-state index < -0.39 is 41.9 Å². The number of aliphatic hydroxyl groups excluding tert-OH is 4. The van der Waals surface area contributed by atoms with E-state index in [9.17, 15) is 25.2 Å². The number of hydrogen-bond acceptors (Lipinski definition) is 6. The molecule has 0 aromatic rings. The minimum Gasteiger partial charge on any atom is -0.462 e. The number of aliphatic hydroxyl groups is 4.